The molecule has 1 atom stereocenters. The lowest BCUT2D eigenvalue weighted by molar-refractivity contribution is 0.416. The molecule has 1 aliphatic carbocycles. The molecule has 3 heteroatoms. The lowest BCUT2D eigenvalue weighted by Crippen LogP contribution is -2.26. The van der Waals surface area contributed by atoms with Gasteiger partial charge in [-0.1, -0.05) is 6.42 Å². The van der Waals surface area contributed by atoms with E-state index in [0.717, 1.165) is 0 Å². The van der Waals surface area contributed by atoms with Crippen molar-refractivity contribution in [2.45, 2.75) is 44.6 Å². The van der Waals surface area contributed by atoms with Gasteiger partial charge in [0.2, 0.25) is 0 Å². The molecule has 1 aromatic rings. The summed E-state index contributed by atoms with van der Waals surface area (Å²) in [4.78, 5) is 3.21. The van der Waals surface area contributed by atoms with Crippen LogP contribution in [0.15, 0.2) is 4.47 Å². The molecule has 0 bridgehead atoms. The van der Waals surface area contributed by atoms with Gasteiger partial charge in [0.15, 0.2) is 0 Å². The summed E-state index contributed by atoms with van der Waals surface area (Å²) in [6, 6.07) is 0.628. The van der Waals surface area contributed by atoms with E-state index in [9.17, 15) is 0 Å². The second-order valence-corrected chi connectivity index (χ2v) is 6.47. The highest BCUT2D eigenvalue weighted by Crippen LogP contribution is 2.43. The van der Waals surface area contributed by atoms with Crippen LogP contribution in [0.3, 0.4) is 0 Å². The Kier molecular flexibility index (Phi) is 2.88. The van der Waals surface area contributed by atoms with Crippen LogP contribution in [0.5, 0.6) is 0 Å². The average Bonchev–Trinajstić information content (AvgIpc) is 2.83. The number of hydrogen-bond donors (Lipinski definition) is 1. The zero-order valence-electron chi connectivity index (χ0n) is 8.81. The maximum absolute atomic E-state index is 3.81. The Bertz CT molecular complexity index is 366. The minimum Gasteiger partial charge on any atom is -0.309 e. The molecule has 2 heterocycles. The zero-order chi connectivity index (χ0) is 10.3. The van der Waals surface area contributed by atoms with Gasteiger partial charge in [-0.05, 0) is 60.1 Å². The third kappa shape index (κ3) is 1.79. The topological polar surface area (TPSA) is 12.0 Å². The van der Waals surface area contributed by atoms with E-state index in [4.69, 9.17) is 0 Å². The van der Waals surface area contributed by atoms with E-state index in [1.807, 2.05) is 11.3 Å². The highest BCUT2D eigenvalue weighted by Gasteiger charge is 2.25. The standard InChI is InChI=1S/C12H16BrNS/c13-11-8-4-3-6-10(8)15-12(11)9-5-1-2-7-14-9/h9,14H,1-7H2. The van der Waals surface area contributed by atoms with Crippen molar-refractivity contribution in [1.82, 2.24) is 5.32 Å². The molecule has 0 radical (unpaired) electrons. The largest absolute Gasteiger partial charge is 0.309 e. The van der Waals surface area contributed by atoms with Crippen LogP contribution < -0.4 is 5.32 Å². The predicted molar refractivity (Wildman–Crippen MR) is 68.6 cm³/mol. The van der Waals surface area contributed by atoms with E-state index in [-0.39, 0.29) is 0 Å². The fourth-order valence-corrected chi connectivity index (χ4v) is 5.17. The zero-order valence-corrected chi connectivity index (χ0v) is 11.2. The van der Waals surface area contributed by atoms with Crippen LogP contribution in [0.2, 0.25) is 0 Å². The van der Waals surface area contributed by atoms with Gasteiger partial charge >= 0.3 is 0 Å². The van der Waals surface area contributed by atoms with Crippen molar-refractivity contribution in [1.29, 1.82) is 0 Å². The average molecular weight is 286 g/mol. The molecule has 1 N–H and O–H groups in total. The van der Waals surface area contributed by atoms with Crippen molar-refractivity contribution < 1.29 is 0 Å². The van der Waals surface area contributed by atoms with Gasteiger partial charge in [-0.2, -0.15) is 0 Å². The Hall–Kier alpha value is 0.140. The molecule has 2 aliphatic rings. The number of nitrogens with one attached hydrogen (secondary N) is 1. The summed E-state index contributed by atoms with van der Waals surface area (Å²) in [5.74, 6) is 0. The lowest BCUT2D eigenvalue weighted by Gasteiger charge is -2.23. The van der Waals surface area contributed by atoms with Gasteiger partial charge in [0.1, 0.15) is 0 Å². The summed E-state index contributed by atoms with van der Waals surface area (Å²) >= 11 is 5.85. The molecule has 0 spiro atoms. The summed E-state index contributed by atoms with van der Waals surface area (Å²) in [7, 11) is 0. The summed E-state index contributed by atoms with van der Waals surface area (Å²) in [6.07, 6.45) is 8.01. The van der Waals surface area contributed by atoms with E-state index in [1.54, 1.807) is 15.3 Å². The monoisotopic (exact) mass is 285 g/mol. The summed E-state index contributed by atoms with van der Waals surface area (Å²) in [5, 5.41) is 3.65. The highest BCUT2D eigenvalue weighted by molar-refractivity contribution is 9.10. The van der Waals surface area contributed by atoms with Gasteiger partial charge in [0.25, 0.3) is 0 Å². The number of fused-ring (bicyclic) bond motifs is 1. The molecule has 1 aromatic heterocycles. The van der Waals surface area contributed by atoms with Crippen LogP contribution in [0, 0.1) is 0 Å². The first-order valence-electron chi connectivity index (χ1n) is 5.89. The first-order valence-corrected chi connectivity index (χ1v) is 7.50. The van der Waals surface area contributed by atoms with Gasteiger partial charge in [-0.15, -0.1) is 11.3 Å². The van der Waals surface area contributed by atoms with E-state index >= 15 is 0 Å². The predicted octanol–water partition coefficient (Wildman–Crippen LogP) is 3.81. The number of halogens is 1. The quantitative estimate of drug-likeness (QED) is 0.827. The molecule has 1 saturated heterocycles. The van der Waals surface area contributed by atoms with Crippen molar-refractivity contribution >= 4 is 27.3 Å². The first-order chi connectivity index (χ1) is 7.36. The van der Waals surface area contributed by atoms with Gasteiger partial charge in [-0.3, -0.25) is 0 Å². The van der Waals surface area contributed by atoms with Crippen LogP contribution in [-0.4, -0.2) is 6.54 Å². The molecule has 3 rings (SSSR count). The van der Waals surface area contributed by atoms with E-state index in [1.165, 1.54) is 49.5 Å². The van der Waals surface area contributed by atoms with Crippen LogP contribution in [0.25, 0.3) is 0 Å². The summed E-state index contributed by atoms with van der Waals surface area (Å²) < 4.78 is 1.43. The third-order valence-electron chi connectivity index (χ3n) is 3.51. The van der Waals surface area contributed by atoms with Crippen LogP contribution in [0.1, 0.15) is 47.0 Å². The number of aryl methyl sites for hydroxylation is 1. The normalized spacial score (nSPS) is 25.5. The maximum Gasteiger partial charge on any atom is 0.0426 e. The minimum absolute atomic E-state index is 0.628. The van der Waals surface area contributed by atoms with E-state index in [0.29, 0.717) is 6.04 Å². The van der Waals surface area contributed by atoms with Gasteiger partial charge in [0.05, 0.1) is 0 Å². The summed E-state index contributed by atoms with van der Waals surface area (Å²) in [6.45, 7) is 1.19. The van der Waals surface area contributed by atoms with Crippen molar-refractivity contribution in [3.63, 3.8) is 0 Å². The molecular formula is C12H16BrNS. The van der Waals surface area contributed by atoms with Crippen LogP contribution >= 0.6 is 27.3 Å². The third-order valence-corrected chi connectivity index (χ3v) is 6.08. The Morgan fingerprint density at radius 1 is 1.20 bits per heavy atom. The maximum atomic E-state index is 3.81. The second-order valence-electron chi connectivity index (χ2n) is 4.54. The van der Waals surface area contributed by atoms with Crippen molar-refractivity contribution in [2.75, 3.05) is 6.54 Å². The van der Waals surface area contributed by atoms with Gasteiger partial charge < -0.3 is 5.32 Å². The number of piperidine rings is 1. The molecule has 0 amide bonds. The van der Waals surface area contributed by atoms with Gasteiger partial charge in [0, 0.05) is 20.3 Å². The number of thiophene rings is 1. The summed E-state index contributed by atoms with van der Waals surface area (Å²) in [5.41, 5.74) is 1.61. The van der Waals surface area contributed by atoms with Crippen LogP contribution in [0.4, 0.5) is 0 Å². The first kappa shape index (κ1) is 10.3. The fourth-order valence-electron chi connectivity index (χ4n) is 2.69. The second kappa shape index (κ2) is 4.19. The molecule has 1 aliphatic heterocycles. The Labute approximate surface area is 103 Å². The molecule has 1 unspecified atom stereocenters. The van der Waals surface area contributed by atoms with Crippen molar-refractivity contribution in [3.8, 4) is 0 Å². The van der Waals surface area contributed by atoms with Gasteiger partial charge in [-0.25, -0.2) is 0 Å². The van der Waals surface area contributed by atoms with Crippen molar-refractivity contribution in [2.24, 2.45) is 0 Å². The molecule has 1 nitrogen and oxygen atoms in total. The molecule has 15 heavy (non-hydrogen) atoms. The molecule has 1 fully saturated rings. The SMILES string of the molecule is Brc1c(C2CCCCN2)sc2c1CCC2. The number of hydrogen-bond acceptors (Lipinski definition) is 2. The molecule has 0 saturated carbocycles. The lowest BCUT2D eigenvalue weighted by atomic mass is 10.0. The van der Waals surface area contributed by atoms with Crippen LogP contribution in [-0.2, 0) is 12.8 Å². The minimum atomic E-state index is 0.628. The molecular weight excluding hydrogens is 270 g/mol. The highest BCUT2D eigenvalue weighted by atomic mass is 79.9. The Balaban J connectivity index is 1.91. The van der Waals surface area contributed by atoms with Crippen molar-refractivity contribution in [3.05, 3.63) is 19.8 Å². The molecule has 0 aromatic carbocycles. The Morgan fingerprint density at radius 3 is 2.87 bits per heavy atom. The smallest absolute Gasteiger partial charge is 0.0426 e. The van der Waals surface area contributed by atoms with E-state index in [2.05, 4.69) is 21.2 Å². The van der Waals surface area contributed by atoms with E-state index < -0.39 is 0 Å². The number of rotatable bonds is 1. The fraction of sp³-hybridized carbons (Fsp3) is 0.667. The molecule has 82 valence electrons. The Morgan fingerprint density at radius 2 is 2.13 bits per heavy atom.